The van der Waals surface area contributed by atoms with Crippen molar-refractivity contribution in [3.05, 3.63) is 94.0 Å². The molecule has 0 saturated carbocycles. The number of carbonyl (C=O) groups excluding carboxylic acids is 1. The van der Waals surface area contributed by atoms with Gasteiger partial charge in [-0.2, -0.15) is 0 Å². The molecule has 0 spiro atoms. The fourth-order valence-electron chi connectivity index (χ4n) is 4.18. The number of nitro benzene ring substituents is 1. The SMILES string of the molecule is O=C(c1cc([N+](=O)[O-])ccc1N1CCOCC1)N(CCc1ccccc1)c1nc2ccccc2s1. The van der Waals surface area contributed by atoms with Gasteiger partial charge in [-0.05, 0) is 30.2 Å². The zero-order valence-corrected chi connectivity index (χ0v) is 19.8. The Kier molecular flexibility index (Phi) is 6.69. The van der Waals surface area contributed by atoms with Crippen LogP contribution in [0.1, 0.15) is 15.9 Å². The average molecular weight is 489 g/mol. The first-order chi connectivity index (χ1) is 17.1. The summed E-state index contributed by atoms with van der Waals surface area (Å²) in [4.78, 5) is 33.6. The van der Waals surface area contributed by atoms with Crippen molar-refractivity contribution >= 4 is 44.0 Å². The Balaban J connectivity index is 1.56. The van der Waals surface area contributed by atoms with E-state index in [0.29, 0.717) is 55.7 Å². The quantitative estimate of drug-likeness (QED) is 0.271. The zero-order valence-electron chi connectivity index (χ0n) is 19.0. The van der Waals surface area contributed by atoms with Gasteiger partial charge in [0.15, 0.2) is 5.13 Å². The summed E-state index contributed by atoms with van der Waals surface area (Å²) in [6, 6.07) is 22.2. The molecule has 8 nitrogen and oxygen atoms in total. The second-order valence-electron chi connectivity index (χ2n) is 8.21. The third kappa shape index (κ3) is 5.01. The van der Waals surface area contributed by atoms with Gasteiger partial charge in [0.1, 0.15) is 0 Å². The zero-order chi connectivity index (χ0) is 24.2. The first-order valence-electron chi connectivity index (χ1n) is 11.4. The molecule has 3 aromatic carbocycles. The smallest absolute Gasteiger partial charge is 0.270 e. The van der Waals surface area contributed by atoms with Gasteiger partial charge in [-0.3, -0.25) is 19.8 Å². The van der Waals surface area contributed by atoms with E-state index in [-0.39, 0.29) is 11.6 Å². The minimum Gasteiger partial charge on any atom is -0.378 e. The number of thiazole rings is 1. The number of anilines is 2. The highest BCUT2D eigenvalue weighted by molar-refractivity contribution is 7.22. The molecule has 9 heteroatoms. The Morgan fingerprint density at radius 1 is 1.06 bits per heavy atom. The second-order valence-corrected chi connectivity index (χ2v) is 9.22. The maximum Gasteiger partial charge on any atom is 0.270 e. The molecule has 178 valence electrons. The molecule has 5 rings (SSSR count). The number of amides is 1. The molecule has 1 aliphatic heterocycles. The lowest BCUT2D eigenvalue weighted by Gasteiger charge is -2.31. The van der Waals surface area contributed by atoms with Crippen molar-refractivity contribution in [1.29, 1.82) is 0 Å². The van der Waals surface area contributed by atoms with Gasteiger partial charge in [0.25, 0.3) is 11.6 Å². The number of benzene rings is 3. The molecule has 0 atom stereocenters. The third-order valence-corrected chi connectivity index (χ3v) is 7.06. The van der Waals surface area contributed by atoms with Gasteiger partial charge in [-0.25, -0.2) is 4.98 Å². The fourth-order valence-corrected chi connectivity index (χ4v) is 5.17. The molecule has 1 fully saturated rings. The number of rotatable bonds is 7. The highest BCUT2D eigenvalue weighted by atomic mass is 32.1. The van der Waals surface area contributed by atoms with E-state index in [1.165, 1.54) is 23.5 Å². The number of non-ortho nitro benzene ring substituents is 1. The summed E-state index contributed by atoms with van der Waals surface area (Å²) in [6.07, 6.45) is 0.629. The molecule has 1 aromatic heterocycles. The predicted molar refractivity (Wildman–Crippen MR) is 138 cm³/mol. The number of aromatic nitrogens is 1. The minimum absolute atomic E-state index is 0.113. The average Bonchev–Trinajstić information content (AvgIpc) is 3.33. The Hall–Kier alpha value is -3.82. The van der Waals surface area contributed by atoms with Crippen molar-refractivity contribution < 1.29 is 14.5 Å². The number of para-hydroxylation sites is 1. The van der Waals surface area contributed by atoms with E-state index >= 15 is 0 Å². The maximum atomic E-state index is 14.1. The lowest BCUT2D eigenvalue weighted by molar-refractivity contribution is -0.384. The number of hydrogen-bond donors (Lipinski definition) is 0. The largest absolute Gasteiger partial charge is 0.378 e. The first kappa shape index (κ1) is 22.9. The monoisotopic (exact) mass is 488 g/mol. The van der Waals surface area contributed by atoms with Crippen LogP contribution in [-0.4, -0.2) is 48.7 Å². The van der Waals surface area contributed by atoms with E-state index in [2.05, 4.69) is 0 Å². The predicted octanol–water partition coefficient (Wildman–Crippen LogP) is 4.93. The number of hydrogen-bond acceptors (Lipinski definition) is 7. The summed E-state index contributed by atoms with van der Waals surface area (Å²) in [5.74, 6) is -0.301. The van der Waals surface area contributed by atoms with E-state index in [4.69, 9.17) is 9.72 Å². The van der Waals surface area contributed by atoms with Gasteiger partial charge in [0.05, 0.1) is 39.6 Å². The normalized spacial score (nSPS) is 13.7. The van der Waals surface area contributed by atoms with Gasteiger partial charge < -0.3 is 9.64 Å². The Bertz CT molecular complexity index is 1320. The van der Waals surface area contributed by atoms with Crippen LogP contribution in [0.15, 0.2) is 72.8 Å². The van der Waals surface area contributed by atoms with Crippen molar-refractivity contribution in [3.8, 4) is 0 Å². The molecule has 2 heterocycles. The minimum atomic E-state index is -0.466. The lowest BCUT2D eigenvalue weighted by Crippen LogP contribution is -2.39. The van der Waals surface area contributed by atoms with E-state index < -0.39 is 4.92 Å². The molecule has 1 aliphatic rings. The van der Waals surface area contributed by atoms with Crippen LogP contribution in [0.3, 0.4) is 0 Å². The van der Waals surface area contributed by atoms with E-state index in [1.54, 1.807) is 11.0 Å². The first-order valence-corrected chi connectivity index (χ1v) is 12.2. The molecule has 1 saturated heterocycles. The molecule has 4 aromatic rings. The summed E-state index contributed by atoms with van der Waals surface area (Å²) < 4.78 is 6.45. The lowest BCUT2D eigenvalue weighted by atomic mass is 10.1. The highest BCUT2D eigenvalue weighted by Gasteiger charge is 2.28. The highest BCUT2D eigenvalue weighted by Crippen LogP contribution is 2.33. The molecule has 0 radical (unpaired) electrons. The second kappa shape index (κ2) is 10.2. The van der Waals surface area contributed by atoms with Gasteiger partial charge in [0, 0.05) is 31.8 Å². The Morgan fingerprint density at radius 2 is 1.80 bits per heavy atom. The van der Waals surface area contributed by atoms with Crippen molar-refractivity contribution in [1.82, 2.24) is 4.98 Å². The fraction of sp³-hybridized carbons (Fsp3) is 0.231. The van der Waals surface area contributed by atoms with Crippen LogP contribution in [0.4, 0.5) is 16.5 Å². The summed E-state index contributed by atoms with van der Waals surface area (Å²) in [5, 5.41) is 12.1. The van der Waals surface area contributed by atoms with Crippen LogP contribution in [0.2, 0.25) is 0 Å². The van der Waals surface area contributed by atoms with E-state index in [0.717, 1.165) is 15.8 Å². The van der Waals surface area contributed by atoms with Gasteiger partial charge in [0.2, 0.25) is 0 Å². The summed E-state index contributed by atoms with van der Waals surface area (Å²) in [6.45, 7) is 2.71. The molecule has 0 N–H and O–H groups in total. The molecule has 0 aliphatic carbocycles. The molecular weight excluding hydrogens is 464 g/mol. The number of carbonyl (C=O) groups is 1. The van der Waals surface area contributed by atoms with Crippen LogP contribution in [-0.2, 0) is 11.2 Å². The number of fused-ring (bicyclic) bond motifs is 1. The Labute approximate surface area is 206 Å². The summed E-state index contributed by atoms with van der Waals surface area (Å²) in [5.41, 5.74) is 2.78. The number of nitro groups is 1. The van der Waals surface area contributed by atoms with Crippen molar-refractivity contribution in [3.63, 3.8) is 0 Å². The topological polar surface area (TPSA) is 88.8 Å². The Morgan fingerprint density at radius 3 is 2.54 bits per heavy atom. The van der Waals surface area contributed by atoms with Crippen LogP contribution in [0.5, 0.6) is 0 Å². The molecule has 0 unspecified atom stereocenters. The van der Waals surface area contributed by atoms with Crippen LogP contribution in [0, 0.1) is 10.1 Å². The summed E-state index contributed by atoms with van der Waals surface area (Å²) >= 11 is 1.44. The van der Waals surface area contributed by atoms with Gasteiger partial charge in [-0.15, -0.1) is 0 Å². The maximum absolute atomic E-state index is 14.1. The van der Waals surface area contributed by atoms with Gasteiger partial charge >= 0.3 is 0 Å². The number of ether oxygens (including phenoxy) is 1. The molecule has 35 heavy (non-hydrogen) atoms. The number of morpholine rings is 1. The third-order valence-electron chi connectivity index (χ3n) is 6.00. The molecular formula is C26H24N4O4S. The van der Waals surface area contributed by atoms with Crippen LogP contribution < -0.4 is 9.80 Å². The van der Waals surface area contributed by atoms with Crippen molar-refractivity contribution in [2.24, 2.45) is 0 Å². The van der Waals surface area contributed by atoms with E-state index in [1.807, 2.05) is 59.5 Å². The molecule has 0 bridgehead atoms. The van der Waals surface area contributed by atoms with Crippen LogP contribution in [0.25, 0.3) is 10.2 Å². The summed E-state index contributed by atoms with van der Waals surface area (Å²) in [7, 11) is 0. The van der Waals surface area contributed by atoms with E-state index in [9.17, 15) is 14.9 Å². The standard InChI is InChI=1S/C26H24N4O4S/c31-25(21-18-20(30(32)33)10-11-23(21)28-14-16-34-17-15-28)29(13-12-19-6-2-1-3-7-19)26-27-22-8-4-5-9-24(22)35-26/h1-11,18H,12-17H2. The molecule has 1 amide bonds. The van der Waals surface area contributed by atoms with Crippen molar-refractivity contribution in [2.45, 2.75) is 6.42 Å². The van der Waals surface area contributed by atoms with Crippen LogP contribution >= 0.6 is 11.3 Å². The number of nitrogens with zero attached hydrogens (tertiary/aromatic N) is 4. The van der Waals surface area contributed by atoms with Gasteiger partial charge in [-0.1, -0.05) is 53.8 Å². The van der Waals surface area contributed by atoms with Crippen molar-refractivity contribution in [2.75, 3.05) is 42.6 Å².